The van der Waals surface area contributed by atoms with Crippen molar-refractivity contribution in [3.8, 4) is 5.75 Å². The van der Waals surface area contributed by atoms with Crippen molar-refractivity contribution in [2.24, 2.45) is 0 Å². The van der Waals surface area contributed by atoms with Crippen LogP contribution in [-0.2, 0) is 17.6 Å². The predicted octanol–water partition coefficient (Wildman–Crippen LogP) is 4.20. The summed E-state index contributed by atoms with van der Waals surface area (Å²) in [4.78, 5) is 13.3. The molecule has 162 valence electrons. The fraction of sp³-hybridized carbons (Fsp3) is 0.348. The van der Waals surface area contributed by atoms with Gasteiger partial charge < -0.3 is 15.5 Å². The summed E-state index contributed by atoms with van der Waals surface area (Å²) in [5, 5.41) is 11.9. The lowest BCUT2D eigenvalue weighted by molar-refractivity contribution is -0.116. The normalized spacial score (nSPS) is 17.5. The Bertz CT molecular complexity index is 1030. The van der Waals surface area contributed by atoms with E-state index in [2.05, 4.69) is 52.1 Å². The van der Waals surface area contributed by atoms with Crippen LogP contribution in [0.5, 0.6) is 5.75 Å². The monoisotopic (exact) mass is 437 g/mol. The molecule has 2 unspecified atom stereocenters. The fourth-order valence-electron chi connectivity index (χ4n) is 3.55. The van der Waals surface area contributed by atoms with Gasteiger partial charge in [-0.15, -0.1) is 10.2 Å². The minimum Gasteiger partial charge on any atom is -0.494 e. The number of nitrogens with one attached hydrogen (secondary N) is 2. The second-order valence-corrected chi connectivity index (χ2v) is 8.38. The average molecular weight is 438 g/mol. The van der Waals surface area contributed by atoms with Crippen LogP contribution in [0.2, 0.25) is 0 Å². The molecule has 2 aromatic carbocycles. The third kappa shape index (κ3) is 4.54. The molecule has 2 N–H and O–H groups in total. The first-order chi connectivity index (χ1) is 15.1. The molecule has 1 aromatic heterocycles. The highest BCUT2D eigenvalue weighted by molar-refractivity contribution is 8.00. The van der Waals surface area contributed by atoms with Gasteiger partial charge >= 0.3 is 0 Å². The number of anilines is 1. The van der Waals surface area contributed by atoms with Crippen LogP contribution in [-0.4, -0.2) is 32.6 Å². The number of fused-ring (bicyclic) bond motifs is 1. The summed E-state index contributed by atoms with van der Waals surface area (Å²) in [7, 11) is 0. The zero-order chi connectivity index (χ0) is 21.8. The number of hydrogen-bond acceptors (Lipinski definition) is 6. The van der Waals surface area contributed by atoms with E-state index in [9.17, 15) is 4.79 Å². The maximum atomic E-state index is 13.3. The highest BCUT2D eigenvalue weighted by atomic mass is 32.2. The molecule has 8 heteroatoms. The molecule has 1 aliphatic heterocycles. The van der Waals surface area contributed by atoms with Gasteiger partial charge in [-0.05, 0) is 48.7 Å². The molecule has 0 bridgehead atoms. The van der Waals surface area contributed by atoms with Gasteiger partial charge in [0.25, 0.3) is 0 Å². The van der Waals surface area contributed by atoms with Gasteiger partial charge in [0.05, 0.1) is 12.6 Å². The highest BCUT2D eigenvalue weighted by Crippen LogP contribution is 2.37. The summed E-state index contributed by atoms with van der Waals surface area (Å²) in [5.41, 5.74) is 6.53. The van der Waals surface area contributed by atoms with Crippen molar-refractivity contribution in [3.63, 3.8) is 0 Å². The molecule has 31 heavy (non-hydrogen) atoms. The van der Waals surface area contributed by atoms with Crippen LogP contribution in [0.25, 0.3) is 0 Å². The van der Waals surface area contributed by atoms with E-state index in [0.717, 1.165) is 35.7 Å². The molecule has 0 spiro atoms. The lowest BCUT2D eigenvalue weighted by Crippen LogP contribution is -2.41. The standard InChI is InChI=1S/C23H27N5O2S/c1-4-15-7-9-16(10-8-15)20-21(31-23-26-25-19(5-2)28(23)27-20)22(29)24-17-11-13-18(14-12-17)30-6-3/h7-14,20-21,27H,4-6H2,1-3H3,(H,24,29). The minimum absolute atomic E-state index is 0.0847. The Kier molecular flexibility index (Phi) is 6.46. The number of nitrogens with zero attached hydrogens (tertiary/aromatic N) is 3. The molecule has 4 rings (SSSR count). The summed E-state index contributed by atoms with van der Waals surface area (Å²) >= 11 is 1.43. The molecule has 3 aromatic rings. The molecule has 0 saturated heterocycles. The van der Waals surface area contributed by atoms with Crippen LogP contribution >= 0.6 is 11.8 Å². The number of amides is 1. The quantitative estimate of drug-likeness (QED) is 0.577. The predicted molar refractivity (Wildman–Crippen MR) is 123 cm³/mol. The zero-order valence-corrected chi connectivity index (χ0v) is 18.8. The Balaban J connectivity index is 1.60. The molecule has 1 amide bonds. The van der Waals surface area contributed by atoms with Crippen molar-refractivity contribution in [1.82, 2.24) is 14.9 Å². The minimum atomic E-state index is -0.402. The topological polar surface area (TPSA) is 81.1 Å². The zero-order valence-electron chi connectivity index (χ0n) is 18.0. The van der Waals surface area contributed by atoms with Crippen LogP contribution in [0.15, 0.2) is 53.7 Å². The van der Waals surface area contributed by atoms with Gasteiger partial charge in [0.2, 0.25) is 11.1 Å². The van der Waals surface area contributed by atoms with E-state index in [0.29, 0.717) is 11.8 Å². The molecule has 2 heterocycles. The van der Waals surface area contributed by atoms with Crippen molar-refractivity contribution < 1.29 is 9.53 Å². The number of benzene rings is 2. The van der Waals surface area contributed by atoms with Gasteiger partial charge in [-0.3, -0.25) is 4.79 Å². The van der Waals surface area contributed by atoms with Gasteiger partial charge in [0.15, 0.2) is 5.82 Å². The van der Waals surface area contributed by atoms with Gasteiger partial charge in [0, 0.05) is 12.1 Å². The van der Waals surface area contributed by atoms with Gasteiger partial charge in [-0.25, -0.2) is 4.68 Å². The summed E-state index contributed by atoms with van der Waals surface area (Å²) in [6, 6.07) is 15.6. The average Bonchev–Trinajstić information content (AvgIpc) is 3.22. The summed E-state index contributed by atoms with van der Waals surface area (Å²) in [5.74, 6) is 1.55. The molecule has 1 aliphatic rings. The molecular formula is C23H27N5O2S. The molecular weight excluding hydrogens is 410 g/mol. The van der Waals surface area contributed by atoms with E-state index in [1.54, 1.807) is 0 Å². The highest BCUT2D eigenvalue weighted by Gasteiger charge is 2.37. The Hall–Kier alpha value is -3.00. The number of hydrogen-bond donors (Lipinski definition) is 2. The van der Waals surface area contributed by atoms with E-state index in [4.69, 9.17) is 4.74 Å². The lowest BCUT2D eigenvalue weighted by atomic mass is 10.0. The van der Waals surface area contributed by atoms with Crippen molar-refractivity contribution >= 4 is 23.4 Å². The van der Waals surface area contributed by atoms with Gasteiger partial charge in [-0.2, -0.15) is 0 Å². The number of rotatable bonds is 7. The molecule has 0 aliphatic carbocycles. The summed E-state index contributed by atoms with van der Waals surface area (Å²) < 4.78 is 7.39. The Morgan fingerprint density at radius 2 is 1.81 bits per heavy atom. The van der Waals surface area contributed by atoms with E-state index in [-0.39, 0.29) is 11.9 Å². The Morgan fingerprint density at radius 1 is 1.06 bits per heavy atom. The first kappa shape index (κ1) is 21.2. The first-order valence-electron chi connectivity index (χ1n) is 10.6. The maximum absolute atomic E-state index is 13.3. The van der Waals surface area contributed by atoms with Crippen LogP contribution in [0.4, 0.5) is 5.69 Å². The van der Waals surface area contributed by atoms with Crippen LogP contribution < -0.4 is 15.5 Å². The van der Waals surface area contributed by atoms with E-state index in [1.165, 1.54) is 17.3 Å². The first-order valence-corrected chi connectivity index (χ1v) is 11.5. The molecule has 7 nitrogen and oxygen atoms in total. The maximum Gasteiger partial charge on any atom is 0.240 e. The summed E-state index contributed by atoms with van der Waals surface area (Å²) in [6.07, 6.45) is 1.73. The number of aromatic nitrogens is 3. The molecule has 2 atom stereocenters. The van der Waals surface area contributed by atoms with Crippen LogP contribution in [0, 0.1) is 0 Å². The van der Waals surface area contributed by atoms with Gasteiger partial charge in [0.1, 0.15) is 11.0 Å². The largest absolute Gasteiger partial charge is 0.494 e. The van der Waals surface area contributed by atoms with Crippen molar-refractivity contribution in [2.45, 2.75) is 50.1 Å². The van der Waals surface area contributed by atoms with Crippen LogP contribution in [0.1, 0.15) is 43.8 Å². The van der Waals surface area contributed by atoms with Crippen molar-refractivity contribution in [3.05, 3.63) is 65.5 Å². The fourth-order valence-corrected chi connectivity index (χ4v) is 4.65. The van der Waals surface area contributed by atoms with E-state index >= 15 is 0 Å². The third-order valence-electron chi connectivity index (χ3n) is 5.26. The molecule has 0 saturated carbocycles. The molecule has 0 radical (unpaired) electrons. The van der Waals surface area contributed by atoms with Gasteiger partial charge in [-0.1, -0.05) is 49.9 Å². The van der Waals surface area contributed by atoms with Crippen LogP contribution in [0.3, 0.4) is 0 Å². The number of carbonyl (C=O) groups is 1. The number of thioether (sulfide) groups is 1. The number of aryl methyl sites for hydroxylation is 2. The van der Waals surface area contributed by atoms with E-state index < -0.39 is 5.25 Å². The second kappa shape index (κ2) is 9.43. The second-order valence-electron chi connectivity index (χ2n) is 7.27. The number of carbonyl (C=O) groups excluding carboxylic acids is 1. The smallest absolute Gasteiger partial charge is 0.240 e. The van der Waals surface area contributed by atoms with Crippen molar-refractivity contribution in [2.75, 3.05) is 17.3 Å². The third-order valence-corrected chi connectivity index (χ3v) is 6.47. The SMILES string of the molecule is CCOc1ccc(NC(=O)C2Sc3nnc(CC)n3NC2c2ccc(CC)cc2)cc1. The number of ether oxygens (including phenoxy) is 1. The Labute approximate surface area is 186 Å². The Morgan fingerprint density at radius 3 is 2.45 bits per heavy atom. The summed E-state index contributed by atoms with van der Waals surface area (Å²) in [6.45, 7) is 6.72. The van der Waals surface area contributed by atoms with E-state index in [1.807, 2.05) is 42.8 Å². The molecule has 0 fully saturated rings. The van der Waals surface area contributed by atoms with Crippen molar-refractivity contribution in [1.29, 1.82) is 0 Å². The lowest BCUT2D eigenvalue weighted by Gasteiger charge is -2.33.